The van der Waals surface area contributed by atoms with Crippen LogP contribution in [0.1, 0.15) is 11.1 Å². The Kier molecular flexibility index (Phi) is 3.68. The molecular weight excluding hydrogens is 298 g/mol. The summed E-state index contributed by atoms with van der Waals surface area (Å²) in [4.78, 5) is 0. The lowest BCUT2D eigenvalue weighted by molar-refractivity contribution is 0.591. The maximum absolute atomic E-state index is 12.0. The number of anilines is 1. The minimum Gasteiger partial charge on any atom is -0.263 e. The van der Waals surface area contributed by atoms with E-state index in [9.17, 15) is 16.8 Å². The maximum atomic E-state index is 12.0. The van der Waals surface area contributed by atoms with E-state index in [0.29, 0.717) is 5.69 Å². The number of aryl methyl sites for hydroxylation is 2. The van der Waals surface area contributed by atoms with E-state index in [0.717, 1.165) is 22.8 Å². The minimum atomic E-state index is -3.56. The lowest BCUT2D eigenvalue weighted by Gasteiger charge is -2.27. The predicted molar refractivity (Wildman–Crippen MR) is 80.0 cm³/mol. The highest BCUT2D eigenvalue weighted by Gasteiger charge is 2.32. The Balaban J connectivity index is 2.50. The molecule has 0 aromatic heterocycles. The van der Waals surface area contributed by atoms with Crippen LogP contribution in [0.4, 0.5) is 5.69 Å². The Hall–Kier alpha value is -1.34. The lowest BCUT2D eigenvalue weighted by atomic mass is 10.1. The molecule has 1 aliphatic rings. The SMILES string of the molecule is Cc1ccc(N([C@H]2C=CS(=O)(=O)C2)S(C)(=O)=O)cc1C. The maximum Gasteiger partial charge on any atom is 0.232 e. The van der Waals surface area contributed by atoms with Crippen LogP contribution in [0.5, 0.6) is 0 Å². The molecule has 1 aliphatic heterocycles. The zero-order valence-electron chi connectivity index (χ0n) is 11.6. The van der Waals surface area contributed by atoms with Crippen molar-refractivity contribution in [3.63, 3.8) is 0 Å². The van der Waals surface area contributed by atoms with Crippen LogP contribution >= 0.6 is 0 Å². The molecule has 0 amide bonds. The van der Waals surface area contributed by atoms with Crippen molar-refractivity contribution in [2.45, 2.75) is 19.9 Å². The van der Waals surface area contributed by atoms with Gasteiger partial charge in [0.05, 0.1) is 23.7 Å². The number of nitrogens with zero attached hydrogens (tertiary/aromatic N) is 1. The molecule has 7 heteroatoms. The Morgan fingerprint density at radius 2 is 1.85 bits per heavy atom. The number of benzene rings is 1. The molecule has 5 nitrogen and oxygen atoms in total. The normalized spacial score (nSPS) is 21.1. The third kappa shape index (κ3) is 3.04. The third-order valence-electron chi connectivity index (χ3n) is 3.31. The molecule has 1 aromatic rings. The second-order valence-electron chi connectivity index (χ2n) is 5.05. The van der Waals surface area contributed by atoms with Crippen molar-refractivity contribution in [3.05, 3.63) is 40.8 Å². The predicted octanol–water partition coefficient (Wildman–Crippen LogP) is 1.38. The van der Waals surface area contributed by atoms with Crippen molar-refractivity contribution in [3.8, 4) is 0 Å². The average molecular weight is 315 g/mol. The molecule has 0 N–H and O–H groups in total. The van der Waals surface area contributed by atoms with Gasteiger partial charge in [-0.1, -0.05) is 6.07 Å². The van der Waals surface area contributed by atoms with Crippen LogP contribution < -0.4 is 4.31 Å². The van der Waals surface area contributed by atoms with Crippen molar-refractivity contribution < 1.29 is 16.8 Å². The molecular formula is C13H17NO4S2. The quantitative estimate of drug-likeness (QED) is 0.845. The summed E-state index contributed by atoms with van der Waals surface area (Å²) in [5, 5.41) is 1.08. The molecule has 0 bridgehead atoms. The minimum absolute atomic E-state index is 0.215. The Morgan fingerprint density at radius 1 is 1.20 bits per heavy atom. The fourth-order valence-corrected chi connectivity index (χ4v) is 4.69. The van der Waals surface area contributed by atoms with E-state index in [-0.39, 0.29) is 5.75 Å². The summed E-state index contributed by atoms with van der Waals surface area (Å²) in [6.45, 7) is 3.82. The van der Waals surface area contributed by atoms with Crippen LogP contribution in [0.25, 0.3) is 0 Å². The first-order valence-electron chi connectivity index (χ1n) is 6.08. The molecule has 0 radical (unpaired) electrons. The van der Waals surface area contributed by atoms with E-state index in [1.807, 2.05) is 19.9 Å². The summed E-state index contributed by atoms with van der Waals surface area (Å²) < 4.78 is 48.2. The van der Waals surface area contributed by atoms with Gasteiger partial charge < -0.3 is 0 Å². The lowest BCUT2D eigenvalue weighted by Crippen LogP contribution is -2.40. The number of hydrogen-bond acceptors (Lipinski definition) is 4. The summed E-state index contributed by atoms with van der Waals surface area (Å²) >= 11 is 0. The van der Waals surface area contributed by atoms with Gasteiger partial charge in [-0.05, 0) is 43.2 Å². The number of rotatable bonds is 3. The van der Waals surface area contributed by atoms with Gasteiger partial charge in [-0.15, -0.1) is 0 Å². The summed E-state index contributed by atoms with van der Waals surface area (Å²) in [7, 11) is -6.88. The van der Waals surface area contributed by atoms with Crippen LogP contribution in [-0.4, -0.2) is 34.9 Å². The van der Waals surface area contributed by atoms with Gasteiger partial charge in [0.15, 0.2) is 9.84 Å². The second kappa shape index (κ2) is 4.89. The van der Waals surface area contributed by atoms with Gasteiger partial charge in [0.25, 0.3) is 0 Å². The topological polar surface area (TPSA) is 71.5 Å². The van der Waals surface area contributed by atoms with Crippen molar-refractivity contribution in [1.29, 1.82) is 0 Å². The number of sulfone groups is 1. The first-order valence-corrected chi connectivity index (χ1v) is 9.64. The van der Waals surface area contributed by atoms with E-state index in [1.54, 1.807) is 12.1 Å². The molecule has 0 saturated heterocycles. The van der Waals surface area contributed by atoms with Crippen LogP contribution in [0, 0.1) is 13.8 Å². The van der Waals surface area contributed by atoms with Crippen LogP contribution in [-0.2, 0) is 19.9 Å². The number of sulfonamides is 1. The van der Waals surface area contributed by atoms with Crippen LogP contribution in [0.3, 0.4) is 0 Å². The van der Waals surface area contributed by atoms with Crippen LogP contribution in [0.15, 0.2) is 29.7 Å². The Morgan fingerprint density at radius 3 is 2.30 bits per heavy atom. The highest BCUT2D eigenvalue weighted by atomic mass is 32.2. The van der Waals surface area contributed by atoms with E-state index < -0.39 is 25.9 Å². The van der Waals surface area contributed by atoms with Gasteiger partial charge in [0, 0.05) is 5.41 Å². The fraction of sp³-hybridized carbons (Fsp3) is 0.385. The second-order valence-corrected chi connectivity index (χ2v) is 8.84. The van der Waals surface area contributed by atoms with E-state index in [4.69, 9.17) is 0 Å². The van der Waals surface area contributed by atoms with Gasteiger partial charge in [-0.25, -0.2) is 16.8 Å². The molecule has 20 heavy (non-hydrogen) atoms. The molecule has 0 saturated carbocycles. The summed E-state index contributed by atoms with van der Waals surface area (Å²) in [5.41, 5.74) is 2.50. The molecule has 2 rings (SSSR count). The van der Waals surface area contributed by atoms with Crippen LogP contribution in [0.2, 0.25) is 0 Å². The molecule has 0 fully saturated rings. The molecule has 110 valence electrons. The molecule has 0 spiro atoms. The zero-order chi connectivity index (χ0) is 15.1. The molecule has 1 heterocycles. The summed E-state index contributed by atoms with van der Waals surface area (Å²) in [6, 6.07) is 4.60. The molecule has 1 atom stereocenters. The van der Waals surface area contributed by atoms with Crippen molar-refractivity contribution in [2.24, 2.45) is 0 Å². The largest absolute Gasteiger partial charge is 0.263 e. The van der Waals surface area contributed by atoms with Gasteiger partial charge in [0.2, 0.25) is 10.0 Å². The molecule has 0 aliphatic carbocycles. The number of hydrogen-bond donors (Lipinski definition) is 0. The third-order valence-corrected chi connectivity index (χ3v) is 5.89. The Labute approximate surface area is 119 Å². The van der Waals surface area contributed by atoms with E-state index in [1.165, 1.54) is 10.4 Å². The van der Waals surface area contributed by atoms with Gasteiger partial charge in [0.1, 0.15) is 0 Å². The van der Waals surface area contributed by atoms with Crippen molar-refractivity contribution in [1.82, 2.24) is 0 Å². The van der Waals surface area contributed by atoms with Crippen molar-refractivity contribution in [2.75, 3.05) is 16.3 Å². The smallest absolute Gasteiger partial charge is 0.232 e. The molecule has 0 unspecified atom stereocenters. The van der Waals surface area contributed by atoms with E-state index in [2.05, 4.69) is 0 Å². The highest BCUT2D eigenvalue weighted by Crippen LogP contribution is 2.27. The fourth-order valence-electron chi connectivity index (χ4n) is 2.20. The average Bonchev–Trinajstić information content (AvgIpc) is 2.62. The highest BCUT2D eigenvalue weighted by molar-refractivity contribution is 7.95. The first kappa shape index (κ1) is 15.1. The first-order chi connectivity index (χ1) is 9.10. The summed E-state index contributed by atoms with van der Waals surface area (Å²) in [5.74, 6) is -0.215. The molecule has 1 aromatic carbocycles. The zero-order valence-corrected chi connectivity index (χ0v) is 13.2. The van der Waals surface area contributed by atoms with Crippen molar-refractivity contribution >= 4 is 25.5 Å². The summed E-state index contributed by atoms with van der Waals surface area (Å²) in [6.07, 6.45) is 2.51. The Bertz CT molecular complexity index is 764. The van der Waals surface area contributed by atoms with Gasteiger partial charge >= 0.3 is 0 Å². The standard InChI is InChI=1S/C13H17NO4S2/c1-10-4-5-12(8-11(10)2)14(19(3,15)16)13-6-7-20(17,18)9-13/h4-8,13H,9H2,1-3H3/t13-/m0/s1. The van der Waals surface area contributed by atoms with Gasteiger partial charge in [-0.2, -0.15) is 0 Å². The monoisotopic (exact) mass is 315 g/mol. The van der Waals surface area contributed by atoms with E-state index >= 15 is 0 Å². The van der Waals surface area contributed by atoms with Gasteiger partial charge in [-0.3, -0.25) is 4.31 Å².